The van der Waals surface area contributed by atoms with Crippen LogP contribution in [0.1, 0.15) is 36.0 Å². The Hall–Kier alpha value is -1.01. The summed E-state index contributed by atoms with van der Waals surface area (Å²) in [5, 5.41) is 2.78. The predicted octanol–water partition coefficient (Wildman–Crippen LogP) is 2.87. The van der Waals surface area contributed by atoms with Gasteiger partial charge in [0.25, 0.3) is 5.91 Å². The molecule has 1 saturated heterocycles. The van der Waals surface area contributed by atoms with Crippen LogP contribution in [0.4, 0.5) is 0 Å². The van der Waals surface area contributed by atoms with E-state index >= 15 is 0 Å². The minimum Gasteiger partial charge on any atom is -0.351 e. The van der Waals surface area contributed by atoms with Crippen LogP contribution in [0.25, 0.3) is 0 Å². The molecular formula is C15H19BrN2O2S. The van der Waals surface area contributed by atoms with Gasteiger partial charge in [-0.05, 0) is 37.5 Å². The fraction of sp³-hybridized carbons (Fsp3) is 0.467. The van der Waals surface area contributed by atoms with Crippen LogP contribution >= 0.6 is 28.6 Å². The number of hydrogen-bond acceptors (Lipinski definition) is 3. The van der Waals surface area contributed by atoms with E-state index in [0.29, 0.717) is 23.4 Å². The summed E-state index contributed by atoms with van der Waals surface area (Å²) in [5.41, 5.74) is 0.520. The van der Waals surface area contributed by atoms with E-state index in [-0.39, 0.29) is 11.8 Å². The number of piperidine rings is 1. The SMILES string of the molecule is O=C(NCCC(=O)N1CCCCC1)c1ccc(Br)cc1S. The third-order valence-electron chi connectivity index (χ3n) is 3.54. The highest BCUT2D eigenvalue weighted by Crippen LogP contribution is 2.19. The molecule has 1 aromatic carbocycles. The van der Waals surface area contributed by atoms with Crippen LogP contribution < -0.4 is 5.32 Å². The van der Waals surface area contributed by atoms with Crippen LogP contribution in [0, 0.1) is 0 Å². The third-order valence-corrected chi connectivity index (χ3v) is 4.40. The largest absolute Gasteiger partial charge is 0.351 e. The van der Waals surface area contributed by atoms with Crippen LogP contribution in [0.15, 0.2) is 27.6 Å². The second-order valence-corrected chi connectivity index (χ2v) is 6.51. The highest BCUT2D eigenvalue weighted by Gasteiger charge is 2.16. The Kier molecular flexibility index (Phi) is 6.11. The van der Waals surface area contributed by atoms with Gasteiger partial charge in [-0.25, -0.2) is 0 Å². The van der Waals surface area contributed by atoms with E-state index in [1.54, 1.807) is 18.2 Å². The van der Waals surface area contributed by atoms with Gasteiger partial charge in [-0.15, -0.1) is 12.6 Å². The van der Waals surface area contributed by atoms with Crippen molar-refractivity contribution >= 4 is 40.4 Å². The van der Waals surface area contributed by atoms with Gasteiger partial charge in [0.2, 0.25) is 5.91 Å². The quantitative estimate of drug-likeness (QED) is 0.800. The van der Waals surface area contributed by atoms with Gasteiger partial charge in [-0.3, -0.25) is 9.59 Å². The van der Waals surface area contributed by atoms with Gasteiger partial charge in [-0.1, -0.05) is 15.9 Å². The summed E-state index contributed by atoms with van der Waals surface area (Å²) < 4.78 is 0.879. The molecule has 2 amide bonds. The number of halogens is 1. The number of amides is 2. The summed E-state index contributed by atoms with van der Waals surface area (Å²) in [6, 6.07) is 5.29. The average Bonchev–Trinajstić information content (AvgIpc) is 2.47. The summed E-state index contributed by atoms with van der Waals surface area (Å²) in [6.07, 6.45) is 3.72. The molecule has 1 aliphatic heterocycles. The van der Waals surface area contributed by atoms with Crippen molar-refractivity contribution in [3.63, 3.8) is 0 Å². The molecule has 0 spiro atoms. The predicted molar refractivity (Wildman–Crippen MR) is 88.8 cm³/mol. The number of likely N-dealkylation sites (tertiary alicyclic amines) is 1. The van der Waals surface area contributed by atoms with Crippen molar-refractivity contribution in [2.75, 3.05) is 19.6 Å². The van der Waals surface area contributed by atoms with Crippen molar-refractivity contribution in [1.82, 2.24) is 10.2 Å². The lowest BCUT2D eigenvalue weighted by Gasteiger charge is -2.26. The molecule has 21 heavy (non-hydrogen) atoms. The van der Waals surface area contributed by atoms with E-state index in [1.807, 2.05) is 4.90 Å². The van der Waals surface area contributed by atoms with Crippen molar-refractivity contribution in [1.29, 1.82) is 0 Å². The van der Waals surface area contributed by atoms with Gasteiger partial charge in [0, 0.05) is 35.4 Å². The Morgan fingerprint density at radius 3 is 2.62 bits per heavy atom. The zero-order valence-electron chi connectivity index (χ0n) is 11.8. The molecule has 0 aliphatic carbocycles. The summed E-state index contributed by atoms with van der Waals surface area (Å²) in [5.74, 6) is -0.0733. The molecule has 6 heteroatoms. The zero-order chi connectivity index (χ0) is 15.2. The maximum Gasteiger partial charge on any atom is 0.252 e. The first-order chi connectivity index (χ1) is 10.1. The number of rotatable bonds is 4. The standard InChI is InChI=1S/C15H19BrN2O2S/c16-11-4-5-12(13(21)10-11)15(20)17-7-6-14(19)18-8-2-1-3-9-18/h4-5,10,21H,1-3,6-9H2,(H,17,20). The fourth-order valence-corrected chi connectivity index (χ4v) is 3.23. The molecule has 0 unspecified atom stereocenters. The molecule has 0 radical (unpaired) electrons. The van der Waals surface area contributed by atoms with Gasteiger partial charge in [0.15, 0.2) is 0 Å². The van der Waals surface area contributed by atoms with E-state index < -0.39 is 0 Å². The smallest absolute Gasteiger partial charge is 0.252 e. The highest BCUT2D eigenvalue weighted by molar-refractivity contribution is 9.10. The first-order valence-corrected chi connectivity index (χ1v) is 8.36. The first-order valence-electron chi connectivity index (χ1n) is 7.12. The molecule has 1 fully saturated rings. The lowest BCUT2D eigenvalue weighted by Crippen LogP contribution is -2.37. The minimum atomic E-state index is -0.195. The maximum atomic E-state index is 12.0. The Morgan fingerprint density at radius 2 is 1.95 bits per heavy atom. The lowest BCUT2D eigenvalue weighted by atomic mass is 10.1. The van der Waals surface area contributed by atoms with E-state index in [1.165, 1.54) is 6.42 Å². The Balaban J connectivity index is 1.79. The molecule has 1 heterocycles. The summed E-state index contributed by atoms with van der Waals surface area (Å²) in [7, 11) is 0. The zero-order valence-corrected chi connectivity index (χ0v) is 14.3. The molecule has 0 atom stereocenters. The number of hydrogen-bond donors (Lipinski definition) is 2. The van der Waals surface area contributed by atoms with Gasteiger partial charge < -0.3 is 10.2 Å². The number of nitrogens with one attached hydrogen (secondary N) is 1. The minimum absolute atomic E-state index is 0.122. The number of nitrogens with zero attached hydrogens (tertiary/aromatic N) is 1. The summed E-state index contributed by atoms with van der Waals surface area (Å²) >= 11 is 7.62. The van der Waals surface area contributed by atoms with Crippen molar-refractivity contribution in [3.8, 4) is 0 Å². The number of carbonyl (C=O) groups excluding carboxylic acids is 2. The van der Waals surface area contributed by atoms with Gasteiger partial charge >= 0.3 is 0 Å². The van der Waals surface area contributed by atoms with Crippen LogP contribution in [-0.4, -0.2) is 36.3 Å². The molecule has 0 aromatic heterocycles. The van der Waals surface area contributed by atoms with E-state index in [2.05, 4.69) is 33.9 Å². The second kappa shape index (κ2) is 7.84. The van der Waals surface area contributed by atoms with Crippen LogP contribution in [-0.2, 0) is 4.79 Å². The molecular weight excluding hydrogens is 352 g/mol. The molecule has 1 aromatic rings. The Labute approximate surface area is 138 Å². The van der Waals surface area contributed by atoms with Crippen LogP contribution in [0.3, 0.4) is 0 Å². The van der Waals surface area contributed by atoms with E-state index in [0.717, 1.165) is 30.4 Å². The van der Waals surface area contributed by atoms with E-state index in [9.17, 15) is 9.59 Å². The lowest BCUT2D eigenvalue weighted by molar-refractivity contribution is -0.131. The number of thiol groups is 1. The Bertz CT molecular complexity index is 530. The molecule has 1 N–H and O–H groups in total. The number of carbonyl (C=O) groups is 2. The van der Waals surface area contributed by atoms with Gasteiger partial charge in [0.1, 0.15) is 0 Å². The van der Waals surface area contributed by atoms with Crippen LogP contribution in [0.2, 0.25) is 0 Å². The van der Waals surface area contributed by atoms with Gasteiger partial charge in [-0.2, -0.15) is 0 Å². The first kappa shape index (κ1) is 16.4. The van der Waals surface area contributed by atoms with Crippen LogP contribution in [0.5, 0.6) is 0 Å². The Morgan fingerprint density at radius 1 is 1.24 bits per heavy atom. The van der Waals surface area contributed by atoms with Gasteiger partial charge in [0.05, 0.1) is 5.56 Å². The molecule has 1 aliphatic rings. The number of benzene rings is 1. The monoisotopic (exact) mass is 370 g/mol. The molecule has 0 bridgehead atoms. The van der Waals surface area contributed by atoms with Crippen molar-refractivity contribution in [3.05, 3.63) is 28.2 Å². The molecule has 114 valence electrons. The fourth-order valence-electron chi connectivity index (χ4n) is 2.38. The maximum absolute atomic E-state index is 12.0. The molecule has 0 saturated carbocycles. The van der Waals surface area contributed by atoms with Crippen molar-refractivity contribution in [2.45, 2.75) is 30.6 Å². The highest BCUT2D eigenvalue weighted by atomic mass is 79.9. The average molecular weight is 371 g/mol. The normalized spacial score (nSPS) is 14.9. The summed E-state index contributed by atoms with van der Waals surface area (Å²) in [4.78, 5) is 26.5. The molecule has 4 nitrogen and oxygen atoms in total. The topological polar surface area (TPSA) is 49.4 Å². The molecule has 2 rings (SSSR count). The second-order valence-electron chi connectivity index (χ2n) is 5.11. The third kappa shape index (κ3) is 4.74. The van der Waals surface area contributed by atoms with Crippen molar-refractivity contribution in [2.24, 2.45) is 0 Å². The van der Waals surface area contributed by atoms with E-state index in [4.69, 9.17) is 0 Å². The van der Waals surface area contributed by atoms with Crippen molar-refractivity contribution < 1.29 is 9.59 Å². The summed E-state index contributed by atoms with van der Waals surface area (Å²) in [6.45, 7) is 2.05.